The van der Waals surface area contributed by atoms with Gasteiger partial charge in [0.05, 0.1) is 0 Å². The van der Waals surface area contributed by atoms with E-state index in [1.54, 1.807) is 18.2 Å². The number of nitrogens with zero attached hydrogens (tertiary/aromatic N) is 2. The van der Waals surface area contributed by atoms with Gasteiger partial charge in [0.2, 0.25) is 0 Å². The lowest BCUT2D eigenvalue weighted by molar-refractivity contribution is 0.628. The minimum atomic E-state index is -0.273. The third kappa shape index (κ3) is 3.03. The number of halogens is 1. The molecule has 0 amide bonds. The SMILES string of the molecule is CC(C)Cc1cc(N)nc(-c2ccc(F)cc2)n1. The van der Waals surface area contributed by atoms with Crippen molar-refractivity contribution in [2.75, 3.05) is 5.73 Å². The van der Waals surface area contributed by atoms with Crippen molar-refractivity contribution in [3.63, 3.8) is 0 Å². The van der Waals surface area contributed by atoms with Crippen LogP contribution in [-0.2, 0) is 6.42 Å². The number of hydrogen-bond donors (Lipinski definition) is 1. The predicted molar refractivity (Wildman–Crippen MR) is 70.4 cm³/mol. The molecule has 1 aromatic heterocycles. The van der Waals surface area contributed by atoms with Crippen molar-refractivity contribution < 1.29 is 4.39 Å². The van der Waals surface area contributed by atoms with Crippen LogP contribution in [0.15, 0.2) is 30.3 Å². The first kappa shape index (κ1) is 12.5. The Labute approximate surface area is 106 Å². The van der Waals surface area contributed by atoms with E-state index in [2.05, 4.69) is 23.8 Å². The fourth-order valence-electron chi connectivity index (χ4n) is 1.77. The Balaban J connectivity index is 2.38. The van der Waals surface area contributed by atoms with Crippen molar-refractivity contribution in [1.29, 1.82) is 0 Å². The van der Waals surface area contributed by atoms with Crippen LogP contribution >= 0.6 is 0 Å². The summed E-state index contributed by atoms with van der Waals surface area (Å²) < 4.78 is 12.9. The van der Waals surface area contributed by atoms with E-state index in [0.717, 1.165) is 17.7 Å². The molecule has 4 heteroatoms. The Kier molecular flexibility index (Phi) is 3.55. The van der Waals surface area contributed by atoms with Gasteiger partial charge in [-0.15, -0.1) is 0 Å². The number of hydrogen-bond acceptors (Lipinski definition) is 3. The van der Waals surface area contributed by atoms with Gasteiger partial charge in [0.25, 0.3) is 0 Å². The molecule has 0 saturated heterocycles. The molecule has 0 radical (unpaired) electrons. The quantitative estimate of drug-likeness (QED) is 0.904. The Morgan fingerprint density at radius 1 is 1.17 bits per heavy atom. The Bertz CT molecular complexity index is 535. The Morgan fingerprint density at radius 3 is 2.44 bits per heavy atom. The van der Waals surface area contributed by atoms with Gasteiger partial charge in [-0.25, -0.2) is 14.4 Å². The van der Waals surface area contributed by atoms with Crippen LogP contribution in [0.1, 0.15) is 19.5 Å². The number of benzene rings is 1. The number of nitrogens with two attached hydrogens (primary N) is 1. The average molecular weight is 245 g/mol. The number of nitrogen functional groups attached to an aromatic ring is 1. The van der Waals surface area contributed by atoms with Crippen LogP contribution < -0.4 is 5.73 Å². The standard InChI is InChI=1S/C14H16FN3/c1-9(2)7-12-8-13(16)18-14(17-12)10-3-5-11(15)6-4-10/h3-6,8-9H,7H2,1-2H3,(H2,16,17,18). The molecule has 0 aliphatic heterocycles. The summed E-state index contributed by atoms with van der Waals surface area (Å²) in [7, 11) is 0. The topological polar surface area (TPSA) is 51.8 Å². The summed E-state index contributed by atoms with van der Waals surface area (Å²) in [6.45, 7) is 4.24. The van der Waals surface area contributed by atoms with E-state index in [0.29, 0.717) is 17.6 Å². The van der Waals surface area contributed by atoms with Gasteiger partial charge in [-0.2, -0.15) is 0 Å². The Hall–Kier alpha value is -1.97. The van der Waals surface area contributed by atoms with Gasteiger partial charge in [-0.1, -0.05) is 13.8 Å². The second-order valence-corrected chi connectivity index (χ2v) is 4.71. The molecular formula is C14H16FN3. The summed E-state index contributed by atoms with van der Waals surface area (Å²) in [5.74, 6) is 1.22. The van der Waals surface area contributed by atoms with Crippen LogP contribution in [0.2, 0.25) is 0 Å². The molecule has 0 atom stereocenters. The zero-order valence-corrected chi connectivity index (χ0v) is 10.5. The molecule has 0 aliphatic carbocycles. The minimum absolute atomic E-state index is 0.273. The Morgan fingerprint density at radius 2 is 1.83 bits per heavy atom. The average Bonchev–Trinajstić information content (AvgIpc) is 2.28. The molecule has 3 nitrogen and oxygen atoms in total. The monoisotopic (exact) mass is 245 g/mol. The lowest BCUT2D eigenvalue weighted by Crippen LogP contribution is -2.03. The highest BCUT2D eigenvalue weighted by Gasteiger charge is 2.07. The first-order valence-corrected chi connectivity index (χ1v) is 5.94. The molecule has 1 heterocycles. The number of rotatable bonds is 3. The molecule has 2 rings (SSSR count). The van der Waals surface area contributed by atoms with Crippen molar-refractivity contribution in [3.8, 4) is 11.4 Å². The smallest absolute Gasteiger partial charge is 0.161 e. The number of anilines is 1. The molecule has 0 unspecified atom stereocenters. The molecule has 1 aromatic carbocycles. The molecular weight excluding hydrogens is 229 g/mol. The maximum Gasteiger partial charge on any atom is 0.161 e. The van der Waals surface area contributed by atoms with Gasteiger partial charge < -0.3 is 5.73 Å². The van der Waals surface area contributed by atoms with E-state index in [1.807, 2.05) is 0 Å². The maximum atomic E-state index is 12.9. The molecule has 2 N–H and O–H groups in total. The van der Waals surface area contributed by atoms with Crippen molar-refractivity contribution in [2.45, 2.75) is 20.3 Å². The van der Waals surface area contributed by atoms with E-state index in [4.69, 9.17) is 5.73 Å². The molecule has 2 aromatic rings. The van der Waals surface area contributed by atoms with Gasteiger partial charge in [0.15, 0.2) is 5.82 Å². The van der Waals surface area contributed by atoms with Gasteiger partial charge >= 0.3 is 0 Å². The highest BCUT2D eigenvalue weighted by molar-refractivity contribution is 5.56. The highest BCUT2D eigenvalue weighted by Crippen LogP contribution is 2.18. The second-order valence-electron chi connectivity index (χ2n) is 4.71. The van der Waals surface area contributed by atoms with E-state index in [-0.39, 0.29) is 5.82 Å². The maximum absolute atomic E-state index is 12.9. The van der Waals surface area contributed by atoms with Crippen molar-refractivity contribution in [1.82, 2.24) is 9.97 Å². The third-order valence-corrected chi connectivity index (χ3v) is 2.52. The lowest BCUT2D eigenvalue weighted by atomic mass is 10.1. The van der Waals surface area contributed by atoms with Crippen LogP contribution in [0, 0.1) is 11.7 Å². The fourth-order valence-corrected chi connectivity index (χ4v) is 1.77. The lowest BCUT2D eigenvalue weighted by Gasteiger charge is -2.07. The highest BCUT2D eigenvalue weighted by atomic mass is 19.1. The fraction of sp³-hybridized carbons (Fsp3) is 0.286. The first-order chi connectivity index (χ1) is 8.54. The first-order valence-electron chi connectivity index (χ1n) is 5.94. The molecule has 18 heavy (non-hydrogen) atoms. The van der Waals surface area contributed by atoms with Crippen molar-refractivity contribution in [2.24, 2.45) is 5.92 Å². The van der Waals surface area contributed by atoms with Gasteiger partial charge in [-0.3, -0.25) is 0 Å². The predicted octanol–water partition coefficient (Wildman–Crippen LogP) is 3.06. The summed E-state index contributed by atoms with van der Waals surface area (Å²) in [5, 5.41) is 0. The van der Waals surface area contributed by atoms with E-state index >= 15 is 0 Å². The van der Waals surface area contributed by atoms with E-state index < -0.39 is 0 Å². The zero-order valence-electron chi connectivity index (χ0n) is 10.5. The summed E-state index contributed by atoms with van der Waals surface area (Å²) in [4.78, 5) is 8.65. The minimum Gasteiger partial charge on any atom is -0.384 e. The molecule has 0 spiro atoms. The normalized spacial score (nSPS) is 10.9. The summed E-state index contributed by atoms with van der Waals surface area (Å²) >= 11 is 0. The van der Waals surface area contributed by atoms with Crippen molar-refractivity contribution >= 4 is 5.82 Å². The van der Waals surface area contributed by atoms with Gasteiger partial charge in [0, 0.05) is 17.3 Å². The van der Waals surface area contributed by atoms with Crippen LogP contribution in [0.3, 0.4) is 0 Å². The molecule has 94 valence electrons. The van der Waals surface area contributed by atoms with Crippen LogP contribution in [0.25, 0.3) is 11.4 Å². The van der Waals surface area contributed by atoms with Crippen molar-refractivity contribution in [3.05, 3.63) is 41.8 Å². The third-order valence-electron chi connectivity index (χ3n) is 2.52. The summed E-state index contributed by atoms with van der Waals surface area (Å²) in [6, 6.07) is 7.88. The number of aromatic nitrogens is 2. The molecule has 0 saturated carbocycles. The summed E-state index contributed by atoms with van der Waals surface area (Å²) in [6.07, 6.45) is 0.848. The van der Waals surface area contributed by atoms with E-state index in [9.17, 15) is 4.39 Å². The largest absolute Gasteiger partial charge is 0.384 e. The zero-order chi connectivity index (χ0) is 13.1. The van der Waals surface area contributed by atoms with Gasteiger partial charge in [-0.05, 0) is 36.6 Å². The summed E-state index contributed by atoms with van der Waals surface area (Å²) in [5.41, 5.74) is 7.46. The van der Waals surface area contributed by atoms with Crippen LogP contribution in [-0.4, -0.2) is 9.97 Å². The van der Waals surface area contributed by atoms with Crippen LogP contribution in [0.4, 0.5) is 10.2 Å². The molecule has 0 aliphatic rings. The van der Waals surface area contributed by atoms with E-state index in [1.165, 1.54) is 12.1 Å². The second kappa shape index (κ2) is 5.12. The molecule has 0 bridgehead atoms. The van der Waals surface area contributed by atoms with Crippen LogP contribution in [0.5, 0.6) is 0 Å². The van der Waals surface area contributed by atoms with Gasteiger partial charge in [0.1, 0.15) is 11.6 Å². The molecule has 0 fully saturated rings.